The molecule has 1 fully saturated rings. The number of nitrogens with one attached hydrogen (secondary N) is 1. The van der Waals surface area contributed by atoms with Crippen LogP contribution in [0.15, 0.2) is 30.3 Å². The monoisotopic (exact) mass is 262 g/mol. The molecule has 0 atom stereocenters. The fraction of sp³-hybridized carbons (Fsp3) is 0.533. The van der Waals surface area contributed by atoms with Gasteiger partial charge in [-0.25, -0.2) is 0 Å². The first-order valence-corrected chi connectivity index (χ1v) is 6.84. The van der Waals surface area contributed by atoms with Gasteiger partial charge in [0.05, 0.1) is 12.1 Å². The van der Waals surface area contributed by atoms with Gasteiger partial charge in [-0.15, -0.1) is 0 Å². The first kappa shape index (κ1) is 14.0. The van der Waals surface area contributed by atoms with E-state index < -0.39 is 0 Å². The molecule has 0 unspecified atom stereocenters. The van der Waals surface area contributed by atoms with Crippen LogP contribution in [-0.4, -0.2) is 42.2 Å². The van der Waals surface area contributed by atoms with E-state index in [4.69, 9.17) is 5.11 Å². The lowest BCUT2D eigenvalue weighted by Crippen LogP contribution is -2.52. The molecular formula is C15H22N2O2. The average molecular weight is 262 g/mol. The van der Waals surface area contributed by atoms with Crippen molar-refractivity contribution in [3.8, 4) is 0 Å². The first-order valence-electron chi connectivity index (χ1n) is 6.84. The van der Waals surface area contributed by atoms with E-state index in [0.717, 1.165) is 25.9 Å². The quantitative estimate of drug-likeness (QED) is 0.854. The van der Waals surface area contributed by atoms with E-state index in [2.05, 4.69) is 22.3 Å². The molecule has 19 heavy (non-hydrogen) atoms. The number of carbonyl (C=O) groups excluding carboxylic acids is 1. The van der Waals surface area contributed by atoms with Crippen LogP contribution in [0.4, 0.5) is 0 Å². The van der Waals surface area contributed by atoms with Crippen LogP contribution in [0.25, 0.3) is 0 Å². The molecule has 4 nitrogen and oxygen atoms in total. The molecule has 1 aromatic rings. The number of piperidine rings is 1. The molecule has 0 aromatic heterocycles. The smallest absolute Gasteiger partial charge is 0.217 e. The number of β-amino-alcohol motifs (C(OH)–C–C–N with tert-alkyl or cyclic N) is 1. The molecule has 0 spiro atoms. The number of amides is 1. The number of benzene rings is 1. The minimum absolute atomic E-state index is 0.0134. The van der Waals surface area contributed by atoms with E-state index in [0.29, 0.717) is 6.54 Å². The predicted octanol–water partition coefficient (Wildman–Crippen LogP) is 1.11. The molecule has 0 radical (unpaired) electrons. The summed E-state index contributed by atoms with van der Waals surface area (Å²) in [5.74, 6) is 0.0134. The van der Waals surface area contributed by atoms with Gasteiger partial charge in [0.2, 0.25) is 5.91 Å². The molecule has 0 saturated carbocycles. The van der Waals surface area contributed by atoms with E-state index in [1.54, 1.807) is 6.92 Å². The van der Waals surface area contributed by atoms with Crippen molar-refractivity contribution >= 4 is 5.91 Å². The van der Waals surface area contributed by atoms with Crippen molar-refractivity contribution in [3.05, 3.63) is 35.9 Å². The van der Waals surface area contributed by atoms with Gasteiger partial charge in [0.25, 0.3) is 0 Å². The van der Waals surface area contributed by atoms with Gasteiger partial charge in [0.1, 0.15) is 0 Å². The number of carbonyl (C=O) groups is 1. The molecule has 2 N–H and O–H groups in total. The van der Waals surface area contributed by atoms with Gasteiger partial charge < -0.3 is 15.3 Å². The van der Waals surface area contributed by atoms with Crippen LogP contribution in [0.5, 0.6) is 0 Å². The van der Waals surface area contributed by atoms with Crippen molar-refractivity contribution in [2.75, 3.05) is 26.2 Å². The van der Waals surface area contributed by atoms with Gasteiger partial charge in [-0.1, -0.05) is 30.3 Å². The third-order valence-electron chi connectivity index (χ3n) is 3.87. The highest BCUT2D eigenvalue weighted by molar-refractivity contribution is 5.74. The number of nitrogens with zero attached hydrogens (tertiary/aromatic N) is 1. The summed E-state index contributed by atoms with van der Waals surface area (Å²) in [5.41, 5.74) is 0.924. The molecule has 1 saturated heterocycles. The summed E-state index contributed by atoms with van der Waals surface area (Å²) in [4.78, 5) is 13.8. The summed E-state index contributed by atoms with van der Waals surface area (Å²) in [6, 6.07) is 10.2. The number of aliphatic hydroxyl groups is 1. The summed E-state index contributed by atoms with van der Waals surface area (Å²) in [6.45, 7) is 4.28. The largest absolute Gasteiger partial charge is 0.395 e. The van der Waals surface area contributed by atoms with E-state index in [-0.39, 0.29) is 18.1 Å². The fourth-order valence-corrected chi connectivity index (χ4v) is 2.88. The zero-order valence-electron chi connectivity index (χ0n) is 11.4. The molecule has 4 heteroatoms. The molecular weight excluding hydrogens is 240 g/mol. The summed E-state index contributed by atoms with van der Waals surface area (Å²) in [7, 11) is 0. The van der Waals surface area contributed by atoms with Gasteiger partial charge in [-0.2, -0.15) is 0 Å². The standard InChI is InChI=1S/C15H22N2O2/c1-13(19)16-15(14-5-3-2-4-6-14)7-9-17(10-8-15)11-12-18/h2-6,18H,7-12H2,1H3,(H,16,19). The lowest BCUT2D eigenvalue weighted by molar-refractivity contribution is -0.121. The minimum atomic E-state index is -0.251. The second kappa shape index (κ2) is 6.17. The zero-order valence-corrected chi connectivity index (χ0v) is 11.4. The van der Waals surface area contributed by atoms with Crippen LogP contribution < -0.4 is 5.32 Å². The Labute approximate surface area is 114 Å². The lowest BCUT2D eigenvalue weighted by atomic mass is 9.80. The van der Waals surface area contributed by atoms with Crippen molar-refractivity contribution in [3.63, 3.8) is 0 Å². The van der Waals surface area contributed by atoms with Gasteiger partial charge in [0.15, 0.2) is 0 Å². The molecule has 104 valence electrons. The van der Waals surface area contributed by atoms with Crippen molar-refractivity contribution in [1.29, 1.82) is 0 Å². The molecule has 1 aliphatic heterocycles. The molecule has 1 amide bonds. The summed E-state index contributed by atoms with van der Waals surface area (Å²) < 4.78 is 0. The number of rotatable bonds is 4. The summed E-state index contributed by atoms with van der Waals surface area (Å²) in [6.07, 6.45) is 1.77. The number of hydrogen-bond acceptors (Lipinski definition) is 3. The second-order valence-electron chi connectivity index (χ2n) is 5.19. The maximum absolute atomic E-state index is 11.5. The number of hydrogen-bond donors (Lipinski definition) is 2. The zero-order chi connectivity index (χ0) is 13.7. The highest BCUT2D eigenvalue weighted by Crippen LogP contribution is 2.32. The maximum Gasteiger partial charge on any atom is 0.217 e. The van der Waals surface area contributed by atoms with Crippen molar-refractivity contribution in [2.24, 2.45) is 0 Å². The molecule has 1 aliphatic rings. The van der Waals surface area contributed by atoms with Crippen molar-refractivity contribution in [2.45, 2.75) is 25.3 Å². The normalized spacial score (nSPS) is 19.1. The SMILES string of the molecule is CC(=O)NC1(c2ccccc2)CCN(CCO)CC1. The van der Waals surface area contributed by atoms with Crippen LogP contribution in [0.3, 0.4) is 0 Å². The Morgan fingerprint density at radius 2 is 1.95 bits per heavy atom. The maximum atomic E-state index is 11.5. The summed E-state index contributed by atoms with van der Waals surface area (Å²) >= 11 is 0. The van der Waals surface area contributed by atoms with Crippen LogP contribution in [0, 0.1) is 0 Å². The van der Waals surface area contributed by atoms with E-state index in [9.17, 15) is 4.79 Å². The highest BCUT2D eigenvalue weighted by Gasteiger charge is 2.36. The number of aliphatic hydroxyl groups excluding tert-OH is 1. The Balaban J connectivity index is 2.16. The Bertz CT molecular complexity index is 411. The third kappa shape index (κ3) is 3.33. The second-order valence-corrected chi connectivity index (χ2v) is 5.19. The van der Waals surface area contributed by atoms with E-state index in [1.807, 2.05) is 18.2 Å². The number of likely N-dealkylation sites (tertiary alicyclic amines) is 1. The van der Waals surface area contributed by atoms with Crippen molar-refractivity contribution in [1.82, 2.24) is 10.2 Å². The Hall–Kier alpha value is -1.39. The minimum Gasteiger partial charge on any atom is -0.395 e. The van der Waals surface area contributed by atoms with Gasteiger partial charge in [-0.05, 0) is 18.4 Å². The van der Waals surface area contributed by atoms with Gasteiger partial charge in [0, 0.05) is 26.6 Å². The third-order valence-corrected chi connectivity index (χ3v) is 3.87. The molecule has 1 heterocycles. The van der Waals surface area contributed by atoms with Crippen molar-refractivity contribution < 1.29 is 9.90 Å². The molecule has 0 aliphatic carbocycles. The van der Waals surface area contributed by atoms with E-state index in [1.165, 1.54) is 5.56 Å². The van der Waals surface area contributed by atoms with Crippen LogP contribution in [0.1, 0.15) is 25.3 Å². The Kier molecular flexibility index (Phi) is 4.56. The average Bonchev–Trinajstić information content (AvgIpc) is 2.42. The van der Waals surface area contributed by atoms with E-state index >= 15 is 0 Å². The van der Waals surface area contributed by atoms with Crippen LogP contribution >= 0.6 is 0 Å². The lowest BCUT2D eigenvalue weighted by Gasteiger charge is -2.42. The van der Waals surface area contributed by atoms with Crippen LogP contribution in [-0.2, 0) is 10.3 Å². The molecule has 0 bridgehead atoms. The van der Waals surface area contributed by atoms with Gasteiger partial charge >= 0.3 is 0 Å². The van der Waals surface area contributed by atoms with Crippen LogP contribution in [0.2, 0.25) is 0 Å². The summed E-state index contributed by atoms with van der Waals surface area (Å²) in [5, 5.41) is 12.1. The fourth-order valence-electron chi connectivity index (χ4n) is 2.88. The predicted molar refractivity (Wildman–Crippen MR) is 74.7 cm³/mol. The highest BCUT2D eigenvalue weighted by atomic mass is 16.3. The molecule has 1 aromatic carbocycles. The topological polar surface area (TPSA) is 52.6 Å². The van der Waals surface area contributed by atoms with Gasteiger partial charge in [-0.3, -0.25) is 4.79 Å². The first-order chi connectivity index (χ1) is 9.16. The Morgan fingerprint density at radius 1 is 1.32 bits per heavy atom. The Morgan fingerprint density at radius 3 is 2.47 bits per heavy atom. The molecule has 2 rings (SSSR count).